The zero-order valence-corrected chi connectivity index (χ0v) is 13.0. The number of carbonyl (C=O) groups excluding carboxylic acids is 1. The molecule has 3 aromatic rings. The van der Waals surface area contributed by atoms with E-state index in [9.17, 15) is 13.6 Å². The van der Waals surface area contributed by atoms with E-state index >= 15 is 0 Å². The van der Waals surface area contributed by atoms with Crippen LogP contribution in [0.25, 0.3) is 10.2 Å². The largest absolute Gasteiger partial charge is 0.352 e. The van der Waals surface area contributed by atoms with Crippen LogP contribution in [0, 0.1) is 11.6 Å². The van der Waals surface area contributed by atoms with Crippen molar-refractivity contribution in [1.29, 1.82) is 0 Å². The van der Waals surface area contributed by atoms with E-state index in [0.29, 0.717) is 19.4 Å². The highest BCUT2D eigenvalue weighted by Gasteiger charge is 2.16. The molecule has 0 aliphatic rings. The van der Waals surface area contributed by atoms with Crippen LogP contribution in [0.1, 0.15) is 21.8 Å². The molecule has 1 heterocycles. The Labute approximate surface area is 136 Å². The normalized spacial score (nSPS) is 10.9. The number of hydrogen-bond donors (Lipinski definition) is 1. The molecular formula is C17H14F2N2OS. The van der Waals surface area contributed by atoms with Crippen molar-refractivity contribution in [3.63, 3.8) is 0 Å². The van der Waals surface area contributed by atoms with Crippen molar-refractivity contribution in [2.45, 2.75) is 12.8 Å². The van der Waals surface area contributed by atoms with Crippen molar-refractivity contribution in [2.75, 3.05) is 6.54 Å². The number of para-hydroxylation sites is 1. The Hall–Kier alpha value is -2.34. The summed E-state index contributed by atoms with van der Waals surface area (Å²) in [4.78, 5) is 16.3. The van der Waals surface area contributed by atoms with E-state index in [4.69, 9.17) is 0 Å². The van der Waals surface area contributed by atoms with Crippen LogP contribution in [0.15, 0.2) is 42.5 Å². The van der Waals surface area contributed by atoms with Gasteiger partial charge in [-0.05, 0) is 30.7 Å². The van der Waals surface area contributed by atoms with Gasteiger partial charge in [-0.25, -0.2) is 13.8 Å². The number of amides is 1. The van der Waals surface area contributed by atoms with E-state index in [1.54, 1.807) is 11.3 Å². The molecule has 0 saturated carbocycles. The monoisotopic (exact) mass is 332 g/mol. The summed E-state index contributed by atoms with van der Waals surface area (Å²) >= 11 is 1.61. The molecule has 23 heavy (non-hydrogen) atoms. The Morgan fingerprint density at radius 1 is 1.09 bits per heavy atom. The number of aryl methyl sites for hydroxylation is 1. The third-order valence-corrected chi connectivity index (χ3v) is 4.48. The highest BCUT2D eigenvalue weighted by Crippen LogP contribution is 2.22. The minimum atomic E-state index is -0.853. The SMILES string of the molecule is O=C(NCCCc1nc2ccccc2s1)c1c(F)cccc1F. The fourth-order valence-corrected chi connectivity index (χ4v) is 3.28. The van der Waals surface area contributed by atoms with Gasteiger partial charge in [0.25, 0.3) is 5.91 Å². The van der Waals surface area contributed by atoms with Crippen LogP contribution in [0.5, 0.6) is 0 Å². The fourth-order valence-electron chi connectivity index (χ4n) is 2.27. The second kappa shape index (κ2) is 6.83. The Bertz CT molecular complexity index is 794. The molecule has 0 bridgehead atoms. The second-order valence-corrected chi connectivity index (χ2v) is 6.15. The summed E-state index contributed by atoms with van der Waals surface area (Å²) in [6, 6.07) is 11.2. The molecule has 2 aromatic carbocycles. The quantitative estimate of drug-likeness (QED) is 0.719. The molecule has 0 unspecified atom stereocenters. The zero-order valence-electron chi connectivity index (χ0n) is 12.2. The molecule has 0 saturated heterocycles. The topological polar surface area (TPSA) is 42.0 Å². The van der Waals surface area contributed by atoms with Crippen LogP contribution in [0.3, 0.4) is 0 Å². The third-order valence-electron chi connectivity index (χ3n) is 3.38. The van der Waals surface area contributed by atoms with Crippen LogP contribution in [-0.4, -0.2) is 17.4 Å². The average Bonchev–Trinajstić information content (AvgIpc) is 2.94. The number of hydrogen-bond acceptors (Lipinski definition) is 3. The molecule has 1 N–H and O–H groups in total. The molecule has 1 amide bonds. The van der Waals surface area contributed by atoms with Crippen molar-refractivity contribution in [2.24, 2.45) is 0 Å². The fraction of sp³-hybridized carbons (Fsp3) is 0.176. The number of benzene rings is 2. The van der Waals surface area contributed by atoms with E-state index in [0.717, 1.165) is 27.4 Å². The molecule has 118 valence electrons. The number of carbonyl (C=O) groups is 1. The molecule has 3 rings (SSSR count). The predicted molar refractivity (Wildman–Crippen MR) is 86.6 cm³/mol. The predicted octanol–water partition coefficient (Wildman–Crippen LogP) is 3.94. The van der Waals surface area contributed by atoms with Gasteiger partial charge in [0.05, 0.1) is 15.2 Å². The van der Waals surface area contributed by atoms with Crippen LogP contribution in [0.2, 0.25) is 0 Å². The first-order chi connectivity index (χ1) is 11.1. The average molecular weight is 332 g/mol. The number of thiazole rings is 1. The van der Waals surface area contributed by atoms with Crippen molar-refractivity contribution >= 4 is 27.5 Å². The molecule has 0 aliphatic carbocycles. The highest BCUT2D eigenvalue weighted by atomic mass is 32.1. The molecule has 0 radical (unpaired) electrons. The van der Waals surface area contributed by atoms with Gasteiger partial charge in [-0.3, -0.25) is 4.79 Å². The smallest absolute Gasteiger partial charge is 0.257 e. The Balaban J connectivity index is 1.54. The summed E-state index contributed by atoms with van der Waals surface area (Å²) in [6.45, 7) is 0.336. The maximum absolute atomic E-state index is 13.5. The lowest BCUT2D eigenvalue weighted by Crippen LogP contribution is -2.26. The van der Waals surface area contributed by atoms with Crippen LogP contribution >= 0.6 is 11.3 Å². The lowest BCUT2D eigenvalue weighted by molar-refractivity contribution is 0.0945. The number of aromatic nitrogens is 1. The molecule has 0 spiro atoms. The number of nitrogens with one attached hydrogen (secondary N) is 1. The maximum atomic E-state index is 13.5. The van der Waals surface area contributed by atoms with Crippen molar-refractivity contribution in [3.05, 3.63) is 64.7 Å². The number of halogens is 2. The molecule has 3 nitrogen and oxygen atoms in total. The first kappa shape index (κ1) is 15.6. The van der Waals surface area contributed by atoms with Gasteiger partial charge in [-0.15, -0.1) is 11.3 Å². The first-order valence-corrected chi connectivity index (χ1v) is 8.03. The number of rotatable bonds is 5. The Morgan fingerprint density at radius 3 is 2.57 bits per heavy atom. The van der Waals surface area contributed by atoms with Gasteiger partial charge in [0.2, 0.25) is 0 Å². The van der Waals surface area contributed by atoms with Crippen molar-refractivity contribution in [1.82, 2.24) is 10.3 Å². The highest BCUT2D eigenvalue weighted by molar-refractivity contribution is 7.18. The van der Waals surface area contributed by atoms with Gasteiger partial charge in [-0.2, -0.15) is 0 Å². The Kier molecular flexibility index (Phi) is 4.62. The van der Waals surface area contributed by atoms with Crippen LogP contribution in [0.4, 0.5) is 8.78 Å². The molecule has 0 atom stereocenters. The minimum absolute atomic E-state index is 0.336. The lowest BCUT2D eigenvalue weighted by Gasteiger charge is -2.06. The summed E-state index contributed by atoms with van der Waals surface area (Å²) in [5, 5.41) is 3.53. The second-order valence-electron chi connectivity index (χ2n) is 5.03. The third kappa shape index (κ3) is 3.53. The van der Waals surface area contributed by atoms with Crippen LogP contribution in [-0.2, 0) is 6.42 Å². The lowest BCUT2D eigenvalue weighted by atomic mass is 10.2. The van der Waals surface area contributed by atoms with Crippen molar-refractivity contribution < 1.29 is 13.6 Å². The zero-order chi connectivity index (χ0) is 16.2. The molecule has 0 aliphatic heterocycles. The standard InChI is InChI=1S/C17H14F2N2OS/c18-11-5-3-6-12(19)16(11)17(22)20-10-4-9-15-21-13-7-1-2-8-14(13)23-15/h1-3,5-8H,4,9-10H2,(H,20,22). The summed E-state index contributed by atoms with van der Waals surface area (Å²) < 4.78 is 28.1. The summed E-state index contributed by atoms with van der Waals surface area (Å²) in [7, 11) is 0. The van der Waals surface area contributed by atoms with Crippen LogP contribution < -0.4 is 5.32 Å². The van der Waals surface area contributed by atoms with Gasteiger partial charge >= 0.3 is 0 Å². The molecule has 1 aromatic heterocycles. The molecular weight excluding hydrogens is 318 g/mol. The van der Waals surface area contributed by atoms with Gasteiger partial charge in [0.1, 0.15) is 17.2 Å². The van der Waals surface area contributed by atoms with Gasteiger partial charge in [-0.1, -0.05) is 18.2 Å². The molecule has 6 heteroatoms. The summed E-state index contributed by atoms with van der Waals surface area (Å²) in [5.41, 5.74) is 0.428. The van der Waals surface area contributed by atoms with E-state index in [-0.39, 0.29) is 0 Å². The summed E-state index contributed by atoms with van der Waals surface area (Å²) in [5.74, 6) is -2.44. The van der Waals surface area contributed by atoms with E-state index in [1.165, 1.54) is 6.07 Å². The first-order valence-electron chi connectivity index (χ1n) is 7.22. The Morgan fingerprint density at radius 2 is 1.83 bits per heavy atom. The number of nitrogens with zero attached hydrogens (tertiary/aromatic N) is 1. The molecule has 0 fully saturated rings. The maximum Gasteiger partial charge on any atom is 0.257 e. The summed E-state index contributed by atoms with van der Waals surface area (Å²) in [6.07, 6.45) is 1.36. The van der Waals surface area contributed by atoms with Gasteiger partial charge in [0.15, 0.2) is 0 Å². The van der Waals surface area contributed by atoms with Gasteiger partial charge < -0.3 is 5.32 Å². The van der Waals surface area contributed by atoms with E-state index in [1.807, 2.05) is 24.3 Å². The number of fused-ring (bicyclic) bond motifs is 1. The van der Waals surface area contributed by atoms with E-state index in [2.05, 4.69) is 10.3 Å². The van der Waals surface area contributed by atoms with Gasteiger partial charge in [0, 0.05) is 13.0 Å². The minimum Gasteiger partial charge on any atom is -0.352 e. The van der Waals surface area contributed by atoms with Crippen molar-refractivity contribution in [3.8, 4) is 0 Å². The van der Waals surface area contributed by atoms with E-state index < -0.39 is 23.1 Å².